The summed E-state index contributed by atoms with van der Waals surface area (Å²) in [5, 5.41) is 13.6. The van der Waals surface area contributed by atoms with Crippen molar-refractivity contribution in [3.63, 3.8) is 0 Å². The van der Waals surface area contributed by atoms with Crippen molar-refractivity contribution in [2.24, 2.45) is 0 Å². The highest BCUT2D eigenvalue weighted by molar-refractivity contribution is 5.69. The average molecular weight is 293 g/mol. The minimum Gasteiger partial charge on any atom is -0.505 e. The van der Waals surface area contributed by atoms with Gasteiger partial charge in [0.2, 0.25) is 0 Å². The molecular formula is C15H23N3O3. The van der Waals surface area contributed by atoms with E-state index in [2.05, 4.69) is 5.10 Å². The number of nitrogens with zero attached hydrogens (tertiary/aromatic N) is 3. The van der Waals surface area contributed by atoms with Crippen molar-refractivity contribution in [2.45, 2.75) is 70.2 Å². The molecule has 1 aromatic heterocycles. The van der Waals surface area contributed by atoms with Gasteiger partial charge in [-0.2, -0.15) is 5.10 Å². The highest BCUT2D eigenvalue weighted by Gasteiger charge is 2.45. The molecule has 2 aliphatic rings. The molecule has 1 amide bonds. The molecule has 2 saturated heterocycles. The Balaban J connectivity index is 1.71. The fourth-order valence-corrected chi connectivity index (χ4v) is 3.50. The maximum atomic E-state index is 12.4. The first-order valence-corrected chi connectivity index (χ1v) is 7.58. The summed E-state index contributed by atoms with van der Waals surface area (Å²) in [6.07, 6.45) is 6.71. The van der Waals surface area contributed by atoms with Crippen molar-refractivity contribution < 1.29 is 14.6 Å². The first-order valence-electron chi connectivity index (χ1n) is 7.58. The number of hydrogen-bond acceptors (Lipinski definition) is 4. The average Bonchev–Trinajstić information content (AvgIpc) is 2.89. The first-order chi connectivity index (χ1) is 9.83. The first kappa shape index (κ1) is 14.2. The van der Waals surface area contributed by atoms with E-state index < -0.39 is 5.60 Å². The quantitative estimate of drug-likeness (QED) is 0.864. The maximum Gasteiger partial charge on any atom is 0.410 e. The summed E-state index contributed by atoms with van der Waals surface area (Å²) in [7, 11) is 0. The van der Waals surface area contributed by atoms with E-state index in [9.17, 15) is 9.90 Å². The standard InChI is InChI=1S/C15H23N3O3/c1-15(2,3)21-14(20)18-10-4-5-11(18)7-12(6-10)17-9-13(19)8-16-17/h8-12,19H,4-7H2,1-3H3/t10-,11+,12?. The number of piperidine rings is 1. The van der Waals surface area contributed by atoms with Gasteiger partial charge in [-0.05, 0) is 46.5 Å². The zero-order chi connectivity index (χ0) is 15.2. The topological polar surface area (TPSA) is 67.6 Å². The number of fused-ring (bicyclic) bond motifs is 2. The fraction of sp³-hybridized carbons (Fsp3) is 0.733. The van der Waals surface area contributed by atoms with Crippen LogP contribution in [-0.4, -0.2) is 43.6 Å². The van der Waals surface area contributed by atoms with Gasteiger partial charge in [0.25, 0.3) is 0 Å². The fourth-order valence-electron chi connectivity index (χ4n) is 3.50. The molecule has 0 saturated carbocycles. The Kier molecular flexibility index (Phi) is 3.34. The summed E-state index contributed by atoms with van der Waals surface area (Å²) in [4.78, 5) is 14.3. The normalized spacial score (nSPS) is 28.7. The lowest BCUT2D eigenvalue weighted by molar-refractivity contribution is 0.00230. The third kappa shape index (κ3) is 2.84. The van der Waals surface area contributed by atoms with Gasteiger partial charge in [-0.3, -0.25) is 4.68 Å². The summed E-state index contributed by atoms with van der Waals surface area (Å²) in [6, 6.07) is 0.687. The molecule has 6 nitrogen and oxygen atoms in total. The molecule has 2 bridgehead atoms. The summed E-state index contributed by atoms with van der Waals surface area (Å²) < 4.78 is 7.35. The largest absolute Gasteiger partial charge is 0.505 e. The van der Waals surface area contributed by atoms with Gasteiger partial charge < -0.3 is 14.7 Å². The van der Waals surface area contributed by atoms with Crippen LogP contribution in [0.1, 0.15) is 52.5 Å². The Morgan fingerprint density at radius 3 is 2.38 bits per heavy atom. The van der Waals surface area contributed by atoms with E-state index in [0.29, 0.717) is 0 Å². The second-order valence-corrected chi connectivity index (χ2v) is 7.08. The van der Waals surface area contributed by atoms with E-state index in [-0.39, 0.29) is 30.0 Å². The number of hydrogen-bond donors (Lipinski definition) is 1. The van der Waals surface area contributed by atoms with Gasteiger partial charge in [0.15, 0.2) is 5.75 Å². The van der Waals surface area contributed by atoms with Crippen LogP contribution in [0.25, 0.3) is 0 Å². The lowest BCUT2D eigenvalue weighted by Gasteiger charge is -2.39. The van der Waals surface area contributed by atoms with Gasteiger partial charge in [-0.15, -0.1) is 0 Å². The van der Waals surface area contributed by atoms with Gasteiger partial charge in [-0.25, -0.2) is 4.79 Å². The number of carbonyl (C=O) groups is 1. The van der Waals surface area contributed by atoms with E-state index >= 15 is 0 Å². The Labute approximate surface area is 124 Å². The van der Waals surface area contributed by atoms with E-state index in [1.54, 1.807) is 6.20 Å². The zero-order valence-corrected chi connectivity index (χ0v) is 12.8. The predicted octanol–water partition coefficient (Wildman–Crippen LogP) is 2.69. The molecule has 3 rings (SSSR count). The number of carbonyl (C=O) groups excluding carboxylic acids is 1. The second-order valence-electron chi connectivity index (χ2n) is 7.08. The molecule has 0 spiro atoms. The van der Waals surface area contributed by atoms with Crippen molar-refractivity contribution in [3.05, 3.63) is 12.4 Å². The van der Waals surface area contributed by atoms with Crippen molar-refractivity contribution in [3.8, 4) is 5.75 Å². The van der Waals surface area contributed by atoms with Crippen LogP contribution in [0, 0.1) is 0 Å². The Morgan fingerprint density at radius 1 is 1.29 bits per heavy atom. The van der Waals surface area contributed by atoms with Crippen molar-refractivity contribution >= 4 is 6.09 Å². The van der Waals surface area contributed by atoms with Crippen molar-refractivity contribution in [2.75, 3.05) is 0 Å². The molecule has 0 aromatic carbocycles. The van der Waals surface area contributed by atoms with Crippen LogP contribution in [0.15, 0.2) is 12.4 Å². The molecule has 1 unspecified atom stereocenters. The van der Waals surface area contributed by atoms with Gasteiger partial charge in [0.1, 0.15) is 5.60 Å². The van der Waals surface area contributed by atoms with Gasteiger partial charge >= 0.3 is 6.09 Å². The van der Waals surface area contributed by atoms with Gasteiger partial charge in [-0.1, -0.05) is 0 Å². The van der Waals surface area contributed by atoms with Crippen LogP contribution in [0.5, 0.6) is 5.75 Å². The molecule has 6 heteroatoms. The number of rotatable bonds is 1. The SMILES string of the molecule is CC(C)(C)OC(=O)N1[C@@H]2CC[C@H]1CC(n1cc(O)cn1)C2. The minimum atomic E-state index is -0.457. The van der Waals surface area contributed by atoms with Crippen LogP contribution < -0.4 is 0 Å². The van der Waals surface area contributed by atoms with Crippen molar-refractivity contribution in [1.29, 1.82) is 0 Å². The van der Waals surface area contributed by atoms with E-state index in [0.717, 1.165) is 25.7 Å². The predicted molar refractivity (Wildman–Crippen MR) is 77.0 cm³/mol. The molecular weight excluding hydrogens is 270 g/mol. The molecule has 116 valence electrons. The highest BCUT2D eigenvalue weighted by atomic mass is 16.6. The number of ether oxygens (including phenoxy) is 1. The molecule has 21 heavy (non-hydrogen) atoms. The second kappa shape index (κ2) is 4.93. The summed E-state index contributed by atoms with van der Waals surface area (Å²) >= 11 is 0. The summed E-state index contributed by atoms with van der Waals surface area (Å²) in [6.45, 7) is 5.68. The molecule has 1 N–H and O–H groups in total. The van der Waals surface area contributed by atoms with Crippen LogP contribution in [0.3, 0.4) is 0 Å². The minimum absolute atomic E-state index is 0.192. The van der Waals surface area contributed by atoms with Crippen LogP contribution in [-0.2, 0) is 4.74 Å². The van der Waals surface area contributed by atoms with Crippen LogP contribution in [0.2, 0.25) is 0 Å². The number of amides is 1. The van der Waals surface area contributed by atoms with E-state index in [1.807, 2.05) is 30.4 Å². The number of aromatic hydroxyl groups is 1. The molecule has 0 aliphatic carbocycles. The van der Waals surface area contributed by atoms with E-state index in [4.69, 9.17) is 4.74 Å². The Hall–Kier alpha value is -1.72. The Bertz CT molecular complexity index is 521. The lowest BCUT2D eigenvalue weighted by atomic mass is 9.98. The van der Waals surface area contributed by atoms with Gasteiger partial charge in [0.05, 0.1) is 18.4 Å². The molecule has 2 fully saturated rings. The third-order valence-corrected chi connectivity index (χ3v) is 4.27. The summed E-state index contributed by atoms with van der Waals surface area (Å²) in [5.41, 5.74) is -0.457. The zero-order valence-electron chi connectivity index (χ0n) is 12.8. The van der Waals surface area contributed by atoms with Crippen LogP contribution in [0.4, 0.5) is 4.79 Å². The molecule has 3 heterocycles. The Morgan fingerprint density at radius 2 is 1.90 bits per heavy atom. The monoisotopic (exact) mass is 293 g/mol. The van der Waals surface area contributed by atoms with Crippen molar-refractivity contribution in [1.82, 2.24) is 14.7 Å². The highest BCUT2D eigenvalue weighted by Crippen LogP contribution is 2.41. The third-order valence-electron chi connectivity index (χ3n) is 4.27. The summed E-state index contributed by atoms with van der Waals surface area (Å²) in [5.74, 6) is 0.192. The van der Waals surface area contributed by atoms with Crippen LogP contribution >= 0.6 is 0 Å². The lowest BCUT2D eigenvalue weighted by Crippen LogP contribution is -2.48. The molecule has 2 aliphatic heterocycles. The molecule has 0 radical (unpaired) electrons. The maximum absolute atomic E-state index is 12.4. The molecule has 1 aromatic rings. The van der Waals surface area contributed by atoms with E-state index in [1.165, 1.54) is 6.20 Å². The molecule has 3 atom stereocenters. The smallest absolute Gasteiger partial charge is 0.410 e. The number of aromatic nitrogens is 2. The van der Waals surface area contributed by atoms with Gasteiger partial charge in [0, 0.05) is 12.1 Å².